The van der Waals surface area contributed by atoms with Gasteiger partial charge in [-0.2, -0.15) is 0 Å². The summed E-state index contributed by atoms with van der Waals surface area (Å²) in [7, 11) is 1.93. The van der Waals surface area contributed by atoms with Crippen molar-refractivity contribution in [1.29, 1.82) is 0 Å². The van der Waals surface area contributed by atoms with E-state index < -0.39 is 0 Å². The molecule has 5 heteroatoms. The Kier molecular flexibility index (Phi) is 2.76. The quantitative estimate of drug-likeness (QED) is 0.785. The molecule has 2 N–H and O–H groups in total. The molecule has 0 radical (unpaired) electrons. The van der Waals surface area contributed by atoms with Crippen molar-refractivity contribution in [3.63, 3.8) is 0 Å². The zero-order valence-corrected chi connectivity index (χ0v) is 9.04. The van der Waals surface area contributed by atoms with Gasteiger partial charge in [-0.3, -0.25) is 4.90 Å². The van der Waals surface area contributed by atoms with Crippen molar-refractivity contribution in [2.45, 2.75) is 19.0 Å². The van der Waals surface area contributed by atoms with E-state index in [1.54, 1.807) is 6.20 Å². The molecule has 0 bridgehead atoms. The van der Waals surface area contributed by atoms with Gasteiger partial charge in [-0.25, -0.2) is 4.98 Å². The van der Waals surface area contributed by atoms with Crippen LogP contribution in [0.5, 0.6) is 0 Å². The highest BCUT2D eigenvalue weighted by Crippen LogP contribution is 2.14. The van der Waals surface area contributed by atoms with Crippen LogP contribution in [0.15, 0.2) is 6.20 Å². The Balaban J connectivity index is 2.01. The van der Waals surface area contributed by atoms with Crippen LogP contribution < -0.4 is 5.73 Å². The van der Waals surface area contributed by atoms with E-state index in [1.807, 2.05) is 11.6 Å². The molecule has 4 nitrogen and oxygen atoms in total. The van der Waals surface area contributed by atoms with Crippen LogP contribution in [-0.4, -0.2) is 33.6 Å². The zero-order valence-electron chi connectivity index (χ0n) is 8.28. The molecule has 2 rings (SSSR count). The molecule has 1 aromatic heterocycles. The van der Waals surface area contributed by atoms with Gasteiger partial charge < -0.3 is 10.3 Å². The van der Waals surface area contributed by atoms with Gasteiger partial charge in [0.1, 0.15) is 11.0 Å². The molecule has 1 aromatic rings. The first-order chi connectivity index (χ1) is 6.66. The normalized spacial score (nSPS) is 23.2. The Morgan fingerprint density at radius 1 is 1.71 bits per heavy atom. The molecule has 1 aliphatic heterocycles. The number of hydrogen-bond donors (Lipinski definition) is 1. The van der Waals surface area contributed by atoms with E-state index in [4.69, 9.17) is 17.3 Å². The van der Waals surface area contributed by atoms with Gasteiger partial charge in [0.15, 0.2) is 0 Å². The predicted octanol–water partition coefficient (Wildman–Crippen LogP) is 0.607. The summed E-state index contributed by atoms with van der Waals surface area (Å²) in [5.74, 6) is 1.00. The fourth-order valence-corrected chi connectivity index (χ4v) is 1.92. The third-order valence-electron chi connectivity index (χ3n) is 2.70. The molecule has 0 spiro atoms. The van der Waals surface area contributed by atoms with Gasteiger partial charge in [-0.05, 0) is 6.42 Å². The molecule has 0 saturated carbocycles. The molecule has 0 unspecified atom stereocenters. The van der Waals surface area contributed by atoms with Crippen molar-refractivity contribution in [3.05, 3.63) is 17.2 Å². The summed E-state index contributed by atoms with van der Waals surface area (Å²) >= 11 is 5.90. The Labute approximate surface area is 88.7 Å². The van der Waals surface area contributed by atoms with Crippen molar-refractivity contribution in [1.82, 2.24) is 14.5 Å². The third-order valence-corrected chi connectivity index (χ3v) is 3.05. The van der Waals surface area contributed by atoms with E-state index in [0.717, 1.165) is 31.9 Å². The van der Waals surface area contributed by atoms with Gasteiger partial charge >= 0.3 is 0 Å². The first-order valence-corrected chi connectivity index (χ1v) is 5.18. The first kappa shape index (κ1) is 9.96. The maximum atomic E-state index is 5.90. The molecule has 1 fully saturated rings. The van der Waals surface area contributed by atoms with Crippen LogP contribution in [0.4, 0.5) is 0 Å². The van der Waals surface area contributed by atoms with Crippen molar-refractivity contribution >= 4 is 11.6 Å². The maximum absolute atomic E-state index is 5.90. The topological polar surface area (TPSA) is 47.1 Å². The van der Waals surface area contributed by atoms with Gasteiger partial charge in [0.05, 0.1) is 12.7 Å². The summed E-state index contributed by atoms with van der Waals surface area (Å²) in [6.07, 6.45) is 2.77. The Bertz CT molecular complexity index is 323. The van der Waals surface area contributed by atoms with Gasteiger partial charge in [-0.15, -0.1) is 0 Å². The number of imidazole rings is 1. The molecule has 14 heavy (non-hydrogen) atoms. The number of nitrogens with two attached hydrogens (primary N) is 1. The lowest BCUT2D eigenvalue weighted by Crippen LogP contribution is -2.27. The Hall–Kier alpha value is -0.580. The largest absolute Gasteiger partial charge is 0.326 e. The average molecular weight is 215 g/mol. The minimum Gasteiger partial charge on any atom is -0.326 e. The lowest BCUT2D eigenvalue weighted by molar-refractivity contribution is 0.314. The lowest BCUT2D eigenvalue weighted by atomic mass is 10.3. The van der Waals surface area contributed by atoms with Gasteiger partial charge in [0, 0.05) is 26.2 Å². The van der Waals surface area contributed by atoms with E-state index in [9.17, 15) is 0 Å². The Morgan fingerprint density at radius 2 is 2.50 bits per heavy atom. The number of halogens is 1. The van der Waals surface area contributed by atoms with Crippen molar-refractivity contribution < 1.29 is 0 Å². The SMILES string of the molecule is Cn1c(Cl)cnc1CN1CC[C@H](N)C1. The summed E-state index contributed by atoms with van der Waals surface area (Å²) in [5, 5.41) is 0.684. The number of nitrogens with zero attached hydrogens (tertiary/aromatic N) is 3. The summed E-state index contributed by atoms with van der Waals surface area (Å²) in [4.78, 5) is 6.56. The lowest BCUT2D eigenvalue weighted by Gasteiger charge is -2.14. The van der Waals surface area contributed by atoms with E-state index in [-0.39, 0.29) is 0 Å². The second-order valence-corrected chi connectivity index (χ2v) is 4.23. The summed E-state index contributed by atoms with van der Waals surface area (Å²) in [5.41, 5.74) is 5.83. The molecule has 78 valence electrons. The van der Waals surface area contributed by atoms with Crippen LogP contribution in [0.2, 0.25) is 5.15 Å². The van der Waals surface area contributed by atoms with Crippen LogP contribution in [-0.2, 0) is 13.6 Å². The van der Waals surface area contributed by atoms with E-state index >= 15 is 0 Å². The van der Waals surface area contributed by atoms with Gasteiger partial charge in [0.25, 0.3) is 0 Å². The molecular weight excluding hydrogens is 200 g/mol. The highest BCUT2D eigenvalue weighted by Gasteiger charge is 2.20. The molecule has 0 amide bonds. The summed E-state index contributed by atoms with van der Waals surface area (Å²) in [6.45, 7) is 2.87. The van der Waals surface area contributed by atoms with E-state index in [0.29, 0.717) is 11.2 Å². The molecule has 1 atom stereocenters. The summed E-state index contributed by atoms with van der Waals surface area (Å²) < 4.78 is 1.91. The molecule has 1 aliphatic rings. The zero-order chi connectivity index (χ0) is 10.1. The van der Waals surface area contributed by atoms with Crippen LogP contribution >= 0.6 is 11.6 Å². The maximum Gasteiger partial charge on any atom is 0.128 e. The highest BCUT2D eigenvalue weighted by atomic mass is 35.5. The van der Waals surface area contributed by atoms with Crippen molar-refractivity contribution in [2.75, 3.05) is 13.1 Å². The minimum absolute atomic E-state index is 0.325. The van der Waals surface area contributed by atoms with Gasteiger partial charge in [0.2, 0.25) is 0 Å². The van der Waals surface area contributed by atoms with Crippen LogP contribution in [0.3, 0.4) is 0 Å². The van der Waals surface area contributed by atoms with Crippen molar-refractivity contribution in [2.24, 2.45) is 12.8 Å². The molecular formula is C9H15ClN4. The second-order valence-electron chi connectivity index (χ2n) is 3.84. The van der Waals surface area contributed by atoms with E-state index in [1.165, 1.54) is 0 Å². The smallest absolute Gasteiger partial charge is 0.128 e. The molecule has 0 aliphatic carbocycles. The molecule has 2 heterocycles. The number of likely N-dealkylation sites (tertiary alicyclic amines) is 1. The average Bonchev–Trinajstić information content (AvgIpc) is 2.67. The standard InChI is InChI=1S/C9H15ClN4/c1-13-8(10)4-12-9(13)6-14-3-2-7(11)5-14/h4,7H,2-3,5-6,11H2,1H3/t7-/m0/s1. The second kappa shape index (κ2) is 3.88. The highest BCUT2D eigenvalue weighted by molar-refractivity contribution is 6.29. The molecule has 0 aromatic carbocycles. The van der Waals surface area contributed by atoms with Crippen LogP contribution in [0.25, 0.3) is 0 Å². The monoisotopic (exact) mass is 214 g/mol. The number of hydrogen-bond acceptors (Lipinski definition) is 3. The Morgan fingerprint density at radius 3 is 3.00 bits per heavy atom. The van der Waals surface area contributed by atoms with Crippen LogP contribution in [0, 0.1) is 0 Å². The number of aromatic nitrogens is 2. The van der Waals surface area contributed by atoms with Crippen molar-refractivity contribution in [3.8, 4) is 0 Å². The van der Waals surface area contributed by atoms with Crippen LogP contribution in [0.1, 0.15) is 12.2 Å². The first-order valence-electron chi connectivity index (χ1n) is 4.81. The predicted molar refractivity (Wildman–Crippen MR) is 56.1 cm³/mol. The number of rotatable bonds is 2. The van der Waals surface area contributed by atoms with E-state index in [2.05, 4.69) is 9.88 Å². The van der Waals surface area contributed by atoms with Gasteiger partial charge in [-0.1, -0.05) is 11.6 Å². The summed E-state index contributed by atoms with van der Waals surface area (Å²) in [6, 6.07) is 0.325. The molecule has 1 saturated heterocycles. The minimum atomic E-state index is 0.325. The third kappa shape index (κ3) is 1.92. The fourth-order valence-electron chi connectivity index (χ4n) is 1.78. The fraction of sp³-hybridized carbons (Fsp3) is 0.667.